The highest BCUT2D eigenvalue weighted by Gasteiger charge is 1.90. The molecule has 0 aromatic carbocycles. The Labute approximate surface area is 63.4 Å². The average molecular weight is 157 g/mol. The normalized spacial score (nSPS) is 8.80. The monoisotopic (exact) mass is 157 g/mol. The molecule has 0 fully saturated rings. The van der Waals surface area contributed by atoms with Crippen LogP contribution in [0.5, 0.6) is 0 Å². The van der Waals surface area contributed by atoms with E-state index < -0.39 is 0 Å². The highest BCUT2D eigenvalue weighted by Crippen LogP contribution is 2.03. The van der Waals surface area contributed by atoms with Gasteiger partial charge in [-0.25, -0.2) is 0 Å². The predicted octanol–water partition coefficient (Wildman–Crippen LogP) is 0.440. The molecule has 0 amide bonds. The van der Waals surface area contributed by atoms with Crippen molar-refractivity contribution in [3.63, 3.8) is 0 Å². The third kappa shape index (κ3) is 1.94. The van der Waals surface area contributed by atoms with Gasteiger partial charge in [0, 0.05) is 6.07 Å². The van der Waals surface area contributed by atoms with Crippen molar-refractivity contribution in [2.45, 2.75) is 0 Å². The highest BCUT2D eigenvalue weighted by atomic mass is 32.1. The number of furan rings is 1. The van der Waals surface area contributed by atoms with Crippen LogP contribution in [0.1, 0.15) is 0 Å². The summed E-state index contributed by atoms with van der Waals surface area (Å²) in [6.07, 6.45) is 1.55. The van der Waals surface area contributed by atoms with Crippen LogP contribution < -0.4 is 16.6 Å². The molecule has 0 radical (unpaired) electrons. The molecule has 1 heterocycles. The summed E-state index contributed by atoms with van der Waals surface area (Å²) in [7, 11) is 0. The second-order valence-electron chi connectivity index (χ2n) is 1.59. The van der Waals surface area contributed by atoms with Crippen molar-refractivity contribution in [2.75, 3.05) is 5.43 Å². The molecule has 1 aromatic rings. The maximum Gasteiger partial charge on any atom is 0.211 e. The van der Waals surface area contributed by atoms with Crippen LogP contribution in [-0.4, -0.2) is 5.11 Å². The quantitative estimate of drug-likeness (QED) is 0.429. The van der Waals surface area contributed by atoms with Gasteiger partial charge < -0.3 is 10.2 Å². The van der Waals surface area contributed by atoms with Crippen LogP contribution in [0.3, 0.4) is 0 Å². The molecule has 0 saturated carbocycles. The van der Waals surface area contributed by atoms with Crippen molar-refractivity contribution < 1.29 is 4.42 Å². The van der Waals surface area contributed by atoms with E-state index in [1.807, 2.05) is 0 Å². The van der Waals surface area contributed by atoms with E-state index in [0.717, 1.165) is 0 Å². The SMILES string of the molecule is NC(=S)NNc1ccco1. The average Bonchev–Trinajstić information content (AvgIpc) is 2.34. The lowest BCUT2D eigenvalue weighted by Gasteiger charge is -2.01. The minimum Gasteiger partial charge on any atom is -0.447 e. The Morgan fingerprint density at radius 2 is 2.50 bits per heavy atom. The Kier molecular flexibility index (Phi) is 2.11. The molecule has 0 unspecified atom stereocenters. The fraction of sp³-hybridized carbons (Fsp3) is 0. The molecule has 4 N–H and O–H groups in total. The van der Waals surface area contributed by atoms with Crippen molar-refractivity contribution in [1.29, 1.82) is 0 Å². The second kappa shape index (κ2) is 3.07. The molecule has 0 aliphatic carbocycles. The number of hydrazine groups is 1. The maximum atomic E-state index is 5.13. The third-order valence-electron chi connectivity index (χ3n) is 0.830. The zero-order chi connectivity index (χ0) is 7.40. The van der Waals surface area contributed by atoms with Gasteiger partial charge in [-0.2, -0.15) is 0 Å². The van der Waals surface area contributed by atoms with Crippen LogP contribution in [0.4, 0.5) is 5.88 Å². The first-order valence-electron chi connectivity index (χ1n) is 2.64. The second-order valence-corrected chi connectivity index (χ2v) is 2.03. The van der Waals surface area contributed by atoms with Gasteiger partial charge in [0.05, 0.1) is 6.26 Å². The number of anilines is 1. The fourth-order valence-corrected chi connectivity index (χ4v) is 0.524. The van der Waals surface area contributed by atoms with E-state index in [4.69, 9.17) is 10.2 Å². The van der Waals surface area contributed by atoms with Crippen LogP contribution in [0, 0.1) is 0 Å². The Hall–Kier alpha value is -1.23. The van der Waals surface area contributed by atoms with Crippen molar-refractivity contribution in [3.8, 4) is 0 Å². The van der Waals surface area contributed by atoms with E-state index >= 15 is 0 Å². The molecule has 0 bridgehead atoms. The summed E-state index contributed by atoms with van der Waals surface area (Å²) in [5.41, 5.74) is 10.3. The highest BCUT2D eigenvalue weighted by molar-refractivity contribution is 7.80. The van der Waals surface area contributed by atoms with Crippen molar-refractivity contribution >= 4 is 23.2 Å². The lowest BCUT2D eigenvalue weighted by molar-refractivity contribution is 0.577. The number of thiocarbonyl (C=S) groups is 1. The molecule has 5 heteroatoms. The first-order chi connectivity index (χ1) is 4.79. The first kappa shape index (κ1) is 6.88. The molecular weight excluding hydrogens is 150 g/mol. The molecular formula is C5H7N3OS. The third-order valence-corrected chi connectivity index (χ3v) is 0.932. The molecule has 1 rings (SSSR count). The van der Waals surface area contributed by atoms with Gasteiger partial charge >= 0.3 is 0 Å². The van der Waals surface area contributed by atoms with E-state index in [9.17, 15) is 0 Å². The Morgan fingerprint density at radius 1 is 1.70 bits per heavy atom. The van der Waals surface area contributed by atoms with Crippen molar-refractivity contribution in [2.24, 2.45) is 5.73 Å². The Balaban J connectivity index is 2.35. The van der Waals surface area contributed by atoms with Crippen LogP contribution in [-0.2, 0) is 0 Å². The lowest BCUT2D eigenvalue weighted by atomic mass is 10.6. The van der Waals surface area contributed by atoms with E-state index in [1.165, 1.54) is 0 Å². The molecule has 54 valence electrons. The summed E-state index contributed by atoms with van der Waals surface area (Å²) in [5.74, 6) is 0.577. The topological polar surface area (TPSA) is 63.2 Å². The van der Waals surface area contributed by atoms with Gasteiger partial charge in [0.25, 0.3) is 0 Å². The molecule has 0 saturated heterocycles. The number of nitrogens with two attached hydrogens (primary N) is 1. The van der Waals surface area contributed by atoms with E-state index in [0.29, 0.717) is 5.88 Å². The molecule has 1 aromatic heterocycles. The van der Waals surface area contributed by atoms with Gasteiger partial charge in [-0.3, -0.25) is 10.9 Å². The minimum atomic E-state index is 0.177. The van der Waals surface area contributed by atoms with Crippen molar-refractivity contribution in [1.82, 2.24) is 5.43 Å². The van der Waals surface area contributed by atoms with E-state index in [1.54, 1.807) is 18.4 Å². The predicted molar refractivity (Wildman–Crippen MR) is 42.3 cm³/mol. The van der Waals surface area contributed by atoms with Crippen LogP contribution >= 0.6 is 12.2 Å². The van der Waals surface area contributed by atoms with Gasteiger partial charge in [-0.15, -0.1) is 0 Å². The summed E-state index contributed by atoms with van der Waals surface area (Å²) < 4.78 is 4.90. The first-order valence-corrected chi connectivity index (χ1v) is 3.05. The summed E-state index contributed by atoms with van der Waals surface area (Å²) >= 11 is 4.53. The van der Waals surface area contributed by atoms with Crippen LogP contribution in [0.2, 0.25) is 0 Å². The molecule has 10 heavy (non-hydrogen) atoms. The van der Waals surface area contributed by atoms with Gasteiger partial charge in [0.1, 0.15) is 0 Å². The van der Waals surface area contributed by atoms with E-state index in [-0.39, 0.29) is 5.11 Å². The van der Waals surface area contributed by atoms with Crippen LogP contribution in [0.25, 0.3) is 0 Å². The minimum absolute atomic E-state index is 0.177. The summed E-state index contributed by atoms with van der Waals surface area (Å²) in [4.78, 5) is 0. The Bertz CT molecular complexity index is 209. The summed E-state index contributed by atoms with van der Waals surface area (Å²) in [6.45, 7) is 0. The fourth-order valence-electron chi connectivity index (χ4n) is 0.473. The van der Waals surface area contributed by atoms with Gasteiger partial charge in [-0.1, -0.05) is 0 Å². The zero-order valence-electron chi connectivity index (χ0n) is 5.13. The molecule has 0 spiro atoms. The van der Waals surface area contributed by atoms with Gasteiger partial charge in [0.15, 0.2) is 5.11 Å². The smallest absolute Gasteiger partial charge is 0.211 e. The Morgan fingerprint density at radius 3 is 3.00 bits per heavy atom. The number of rotatable bonds is 2. The number of hydrogen-bond donors (Lipinski definition) is 3. The molecule has 0 atom stereocenters. The maximum absolute atomic E-state index is 5.13. The van der Waals surface area contributed by atoms with Gasteiger partial charge in [0.2, 0.25) is 5.88 Å². The largest absolute Gasteiger partial charge is 0.447 e. The van der Waals surface area contributed by atoms with Crippen molar-refractivity contribution in [3.05, 3.63) is 18.4 Å². The molecule has 0 aliphatic heterocycles. The number of nitrogens with one attached hydrogen (secondary N) is 2. The summed E-state index contributed by atoms with van der Waals surface area (Å²) in [6, 6.07) is 3.49. The number of hydrogen-bond acceptors (Lipinski definition) is 3. The van der Waals surface area contributed by atoms with Crippen LogP contribution in [0.15, 0.2) is 22.8 Å². The molecule has 4 nitrogen and oxygen atoms in total. The van der Waals surface area contributed by atoms with E-state index in [2.05, 4.69) is 23.1 Å². The summed E-state index contributed by atoms with van der Waals surface area (Å²) in [5, 5.41) is 0.177. The molecule has 0 aliphatic rings. The van der Waals surface area contributed by atoms with Gasteiger partial charge in [-0.05, 0) is 18.3 Å². The standard InChI is InChI=1S/C5H7N3OS/c6-5(10)8-7-4-2-1-3-9-4/h1-3,7H,(H3,6,8,10). The lowest BCUT2D eigenvalue weighted by Crippen LogP contribution is -2.33. The zero-order valence-corrected chi connectivity index (χ0v) is 5.94.